The average molecular weight is 368 g/mol. The Morgan fingerprint density at radius 2 is 1.85 bits per heavy atom. The number of hydrogen-bond acceptors (Lipinski definition) is 5. The molecule has 0 unspecified atom stereocenters. The third-order valence-corrected chi connectivity index (χ3v) is 4.97. The monoisotopic (exact) mass is 368 g/mol. The molecule has 3 heterocycles. The van der Waals surface area contributed by atoms with Crippen molar-refractivity contribution in [2.24, 2.45) is 0 Å². The van der Waals surface area contributed by atoms with Gasteiger partial charge in [-0.25, -0.2) is 19.0 Å². The molecule has 7 heteroatoms. The molecule has 6 nitrogen and oxygen atoms in total. The first-order chi connectivity index (χ1) is 13.2. The first kappa shape index (κ1) is 17.9. The molecule has 1 fully saturated rings. The third-order valence-electron chi connectivity index (χ3n) is 4.97. The zero-order valence-corrected chi connectivity index (χ0v) is 15.9. The molecule has 0 saturated carbocycles. The first-order valence-corrected chi connectivity index (χ1v) is 9.65. The van der Waals surface area contributed by atoms with Crippen molar-refractivity contribution in [3.05, 3.63) is 41.6 Å². The molecule has 142 valence electrons. The Morgan fingerprint density at radius 1 is 1.11 bits per heavy atom. The molecule has 1 aliphatic rings. The van der Waals surface area contributed by atoms with E-state index in [-0.39, 0.29) is 5.82 Å². The van der Waals surface area contributed by atoms with E-state index >= 15 is 0 Å². The lowest BCUT2D eigenvalue weighted by atomic mass is 10.2. The van der Waals surface area contributed by atoms with E-state index in [1.165, 1.54) is 12.1 Å². The molecular formula is C20H25FN6. The standard InChI is InChI=1S/C20H25FN6/c1-3-4-5-17-23-19(26-12-10-22-11-13-26)18-14(2)25-27(20(18)24-17)16-8-6-15(21)7-9-16/h6-9,22H,3-5,10-13H2,1-2H3. The number of rotatable bonds is 5. The number of halogens is 1. The molecule has 1 aliphatic heterocycles. The number of anilines is 1. The fourth-order valence-electron chi connectivity index (χ4n) is 3.52. The van der Waals surface area contributed by atoms with Gasteiger partial charge in [0.05, 0.1) is 16.8 Å². The Balaban J connectivity index is 1.89. The predicted octanol–water partition coefficient (Wildman–Crippen LogP) is 3.02. The van der Waals surface area contributed by atoms with E-state index in [4.69, 9.17) is 15.1 Å². The van der Waals surface area contributed by atoms with E-state index in [0.29, 0.717) is 0 Å². The number of fused-ring (bicyclic) bond motifs is 1. The average Bonchev–Trinajstić information content (AvgIpc) is 3.03. The fraction of sp³-hybridized carbons (Fsp3) is 0.450. The van der Waals surface area contributed by atoms with Crippen LogP contribution in [-0.2, 0) is 6.42 Å². The number of unbranched alkanes of at least 4 members (excludes halogenated alkanes) is 1. The molecule has 0 amide bonds. The van der Waals surface area contributed by atoms with Crippen LogP contribution in [-0.4, -0.2) is 45.9 Å². The van der Waals surface area contributed by atoms with Gasteiger partial charge in [0.15, 0.2) is 5.65 Å². The number of piperazine rings is 1. The smallest absolute Gasteiger partial charge is 0.168 e. The van der Waals surface area contributed by atoms with Crippen LogP contribution in [0, 0.1) is 12.7 Å². The summed E-state index contributed by atoms with van der Waals surface area (Å²) in [6.45, 7) is 7.88. The molecule has 0 spiro atoms. The van der Waals surface area contributed by atoms with Crippen LogP contribution in [0.15, 0.2) is 24.3 Å². The van der Waals surface area contributed by atoms with Crippen molar-refractivity contribution in [1.82, 2.24) is 25.1 Å². The van der Waals surface area contributed by atoms with Gasteiger partial charge >= 0.3 is 0 Å². The second kappa shape index (κ2) is 7.60. The second-order valence-corrected chi connectivity index (χ2v) is 6.98. The van der Waals surface area contributed by atoms with Gasteiger partial charge in [-0.1, -0.05) is 13.3 Å². The Hall–Kier alpha value is -2.54. The Labute approximate surface area is 158 Å². The predicted molar refractivity (Wildman–Crippen MR) is 105 cm³/mol. The van der Waals surface area contributed by atoms with Crippen LogP contribution in [0.4, 0.5) is 10.2 Å². The van der Waals surface area contributed by atoms with Crippen LogP contribution in [0.5, 0.6) is 0 Å². The molecule has 4 rings (SSSR count). The molecule has 1 aromatic carbocycles. The highest BCUT2D eigenvalue weighted by Gasteiger charge is 2.22. The lowest BCUT2D eigenvalue weighted by molar-refractivity contribution is 0.584. The minimum absolute atomic E-state index is 0.258. The second-order valence-electron chi connectivity index (χ2n) is 6.98. The van der Waals surface area contributed by atoms with E-state index < -0.39 is 0 Å². The van der Waals surface area contributed by atoms with Crippen molar-refractivity contribution in [3.8, 4) is 5.69 Å². The molecule has 27 heavy (non-hydrogen) atoms. The van der Waals surface area contributed by atoms with Crippen LogP contribution >= 0.6 is 0 Å². The number of hydrogen-bond donors (Lipinski definition) is 1. The maximum absolute atomic E-state index is 13.4. The lowest BCUT2D eigenvalue weighted by Crippen LogP contribution is -2.44. The molecule has 1 N–H and O–H groups in total. The van der Waals surface area contributed by atoms with Crippen molar-refractivity contribution in [1.29, 1.82) is 0 Å². The van der Waals surface area contributed by atoms with Crippen LogP contribution in [0.1, 0.15) is 31.3 Å². The summed E-state index contributed by atoms with van der Waals surface area (Å²) >= 11 is 0. The van der Waals surface area contributed by atoms with Crippen molar-refractivity contribution >= 4 is 16.9 Å². The highest BCUT2D eigenvalue weighted by Crippen LogP contribution is 2.29. The van der Waals surface area contributed by atoms with Gasteiger partial charge < -0.3 is 10.2 Å². The highest BCUT2D eigenvalue weighted by atomic mass is 19.1. The van der Waals surface area contributed by atoms with Gasteiger partial charge in [-0.3, -0.25) is 0 Å². The Bertz CT molecular complexity index is 928. The van der Waals surface area contributed by atoms with Gasteiger partial charge in [0.1, 0.15) is 17.5 Å². The molecule has 0 atom stereocenters. The van der Waals surface area contributed by atoms with Crippen molar-refractivity contribution < 1.29 is 4.39 Å². The third kappa shape index (κ3) is 3.51. The number of nitrogens with one attached hydrogen (secondary N) is 1. The van der Waals surface area contributed by atoms with Gasteiger partial charge in [-0.05, 0) is 37.6 Å². The largest absolute Gasteiger partial charge is 0.353 e. The van der Waals surface area contributed by atoms with E-state index in [2.05, 4.69) is 17.1 Å². The van der Waals surface area contributed by atoms with Gasteiger partial charge in [-0.2, -0.15) is 5.10 Å². The maximum atomic E-state index is 13.4. The first-order valence-electron chi connectivity index (χ1n) is 9.65. The van der Waals surface area contributed by atoms with Crippen molar-refractivity contribution in [3.63, 3.8) is 0 Å². The molecule has 0 bridgehead atoms. The summed E-state index contributed by atoms with van der Waals surface area (Å²) in [5, 5.41) is 9.09. The van der Waals surface area contributed by atoms with E-state index in [1.54, 1.807) is 12.1 Å². The molecule has 0 aliphatic carbocycles. The maximum Gasteiger partial charge on any atom is 0.168 e. The topological polar surface area (TPSA) is 58.9 Å². The minimum atomic E-state index is -0.258. The highest BCUT2D eigenvalue weighted by molar-refractivity contribution is 5.91. The van der Waals surface area contributed by atoms with Gasteiger partial charge in [0, 0.05) is 32.6 Å². The number of nitrogens with zero attached hydrogens (tertiary/aromatic N) is 5. The van der Waals surface area contributed by atoms with Crippen LogP contribution in [0.3, 0.4) is 0 Å². The van der Waals surface area contributed by atoms with Crippen LogP contribution in [0.25, 0.3) is 16.7 Å². The van der Waals surface area contributed by atoms with E-state index in [0.717, 1.165) is 79.5 Å². The summed E-state index contributed by atoms with van der Waals surface area (Å²) in [4.78, 5) is 12.1. The summed E-state index contributed by atoms with van der Waals surface area (Å²) in [6.07, 6.45) is 3.00. The SMILES string of the molecule is CCCCc1nc(N2CCNCC2)c2c(C)nn(-c3ccc(F)cc3)c2n1. The summed E-state index contributed by atoms with van der Waals surface area (Å²) in [6, 6.07) is 6.38. The van der Waals surface area contributed by atoms with E-state index in [9.17, 15) is 4.39 Å². The Kier molecular flexibility index (Phi) is 5.03. The van der Waals surface area contributed by atoms with E-state index in [1.807, 2.05) is 11.6 Å². The van der Waals surface area contributed by atoms with Crippen LogP contribution < -0.4 is 10.2 Å². The van der Waals surface area contributed by atoms with Crippen molar-refractivity contribution in [2.75, 3.05) is 31.1 Å². The van der Waals surface area contributed by atoms with Gasteiger partial charge in [0.25, 0.3) is 0 Å². The van der Waals surface area contributed by atoms with Gasteiger partial charge in [0.2, 0.25) is 0 Å². The molecule has 0 radical (unpaired) electrons. The number of benzene rings is 1. The molecular weight excluding hydrogens is 343 g/mol. The summed E-state index contributed by atoms with van der Waals surface area (Å²) in [5.74, 6) is 1.56. The molecule has 2 aromatic heterocycles. The van der Waals surface area contributed by atoms with Crippen molar-refractivity contribution in [2.45, 2.75) is 33.1 Å². The fourth-order valence-corrected chi connectivity index (χ4v) is 3.52. The number of aromatic nitrogens is 4. The lowest BCUT2D eigenvalue weighted by Gasteiger charge is -2.29. The van der Waals surface area contributed by atoms with Gasteiger partial charge in [-0.15, -0.1) is 0 Å². The molecule has 3 aromatic rings. The zero-order chi connectivity index (χ0) is 18.8. The van der Waals surface area contributed by atoms with Crippen LogP contribution in [0.2, 0.25) is 0 Å². The normalized spacial score (nSPS) is 14.9. The summed E-state index contributed by atoms with van der Waals surface area (Å²) < 4.78 is 15.2. The molecule has 1 saturated heterocycles. The number of aryl methyl sites for hydroxylation is 2. The Morgan fingerprint density at radius 3 is 2.56 bits per heavy atom. The summed E-state index contributed by atoms with van der Waals surface area (Å²) in [5.41, 5.74) is 2.50. The quantitative estimate of drug-likeness (QED) is 0.750. The zero-order valence-electron chi connectivity index (χ0n) is 15.9. The minimum Gasteiger partial charge on any atom is -0.353 e. The summed E-state index contributed by atoms with van der Waals surface area (Å²) in [7, 11) is 0.